The number of hydrogen-bond acceptors (Lipinski definition) is 14. The Labute approximate surface area is 178 Å². The predicted octanol–water partition coefficient (Wildman–Crippen LogP) is -6.62. The summed E-state index contributed by atoms with van der Waals surface area (Å²) < 4.78 is 22.1. The molecule has 0 aromatic heterocycles. The molecule has 31 heavy (non-hydrogen) atoms. The number of nitrogens with two attached hydrogens (primary N) is 3. The van der Waals surface area contributed by atoms with E-state index in [-0.39, 0.29) is 6.42 Å². The van der Waals surface area contributed by atoms with Crippen molar-refractivity contribution in [3.05, 3.63) is 0 Å². The van der Waals surface area contributed by atoms with E-state index in [1.54, 1.807) is 0 Å². The average molecular weight is 455 g/mol. The summed E-state index contributed by atoms with van der Waals surface area (Å²) in [4.78, 5) is 0. The molecule has 0 spiro atoms. The van der Waals surface area contributed by atoms with Gasteiger partial charge in [-0.1, -0.05) is 0 Å². The van der Waals surface area contributed by atoms with Crippen LogP contribution in [0.25, 0.3) is 0 Å². The molecule has 0 radical (unpaired) electrons. The molecule has 0 aromatic rings. The van der Waals surface area contributed by atoms with Gasteiger partial charge >= 0.3 is 0 Å². The van der Waals surface area contributed by atoms with E-state index in [1.807, 2.05) is 0 Å². The zero-order valence-corrected chi connectivity index (χ0v) is 16.7. The van der Waals surface area contributed by atoms with Gasteiger partial charge in [-0.05, 0) is 6.42 Å². The van der Waals surface area contributed by atoms with Crippen LogP contribution in [0.5, 0.6) is 0 Å². The summed E-state index contributed by atoms with van der Waals surface area (Å²) >= 11 is 0. The first-order valence-electron chi connectivity index (χ1n) is 10.1. The third-order valence-corrected chi connectivity index (χ3v) is 6.07. The van der Waals surface area contributed by atoms with Crippen molar-refractivity contribution in [1.82, 2.24) is 0 Å². The summed E-state index contributed by atoms with van der Waals surface area (Å²) in [7, 11) is 0. The van der Waals surface area contributed by atoms with Crippen LogP contribution in [-0.2, 0) is 18.9 Å². The van der Waals surface area contributed by atoms with Crippen molar-refractivity contribution in [1.29, 1.82) is 0 Å². The zero-order chi connectivity index (χ0) is 23.0. The highest BCUT2D eigenvalue weighted by Crippen LogP contribution is 2.31. The van der Waals surface area contributed by atoms with E-state index < -0.39 is 98.9 Å². The van der Waals surface area contributed by atoms with Gasteiger partial charge in [-0.15, -0.1) is 0 Å². The molecule has 14 atom stereocenters. The van der Waals surface area contributed by atoms with E-state index in [2.05, 4.69) is 0 Å². The Morgan fingerprint density at radius 2 is 1.19 bits per heavy atom. The first-order chi connectivity index (χ1) is 14.6. The van der Waals surface area contributed by atoms with E-state index in [9.17, 15) is 35.7 Å². The number of aliphatic hydroxyl groups is 7. The van der Waals surface area contributed by atoms with Crippen molar-refractivity contribution in [2.45, 2.75) is 92.1 Å². The summed E-state index contributed by atoms with van der Waals surface area (Å²) in [5.74, 6) is 0. The third kappa shape index (κ3) is 4.87. The van der Waals surface area contributed by atoms with Crippen LogP contribution in [0.4, 0.5) is 0 Å². The van der Waals surface area contributed by atoms with Crippen molar-refractivity contribution in [2.75, 3.05) is 13.2 Å². The summed E-state index contributed by atoms with van der Waals surface area (Å²) in [5.41, 5.74) is 17.9. The Balaban J connectivity index is 1.74. The van der Waals surface area contributed by atoms with Crippen LogP contribution in [0.15, 0.2) is 0 Å². The minimum absolute atomic E-state index is 0.152. The Morgan fingerprint density at radius 3 is 1.77 bits per heavy atom. The van der Waals surface area contributed by atoms with Crippen LogP contribution >= 0.6 is 0 Å². The highest BCUT2D eigenvalue weighted by Gasteiger charge is 2.52. The van der Waals surface area contributed by atoms with Gasteiger partial charge in [-0.25, -0.2) is 0 Å². The molecule has 14 nitrogen and oxygen atoms in total. The maximum absolute atomic E-state index is 10.5. The number of hydrogen-bond donors (Lipinski definition) is 10. The smallest absolute Gasteiger partial charge is 0.187 e. The van der Waals surface area contributed by atoms with Crippen molar-refractivity contribution in [3.8, 4) is 0 Å². The molecule has 1 aliphatic carbocycles. The topological polar surface area (TPSA) is 257 Å². The van der Waals surface area contributed by atoms with Gasteiger partial charge in [0.2, 0.25) is 0 Å². The molecule has 13 N–H and O–H groups in total. The second kappa shape index (κ2) is 10.1. The molecule has 3 fully saturated rings. The summed E-state index contributed by atoms with van der Waals surface area (Å²) in [6, 6.07) is -2.73. The standard InChI is InChI=1S/C17H33N3O11/c18-4-1-5(19)14(12(26)9(4)23)30-16-8(20)15(11(25)7(3-22)28-16)31-17-13(27)10(24)6(2-21)29-17/h4-17,21-27H,1-3,18-20H2/t4-,5?,6-,7?,8?,9?,10+,11-,12-,13?,14-,15-,16-,17+/m1/s1. The number of rotatable bonds is 6. The van der Waals surface area contributed by atoms with E-state index >= 15 is 0 Å². The highest BCUT2D eigenvalue weighted by atomic mass is 16.7. The summed E-state index contributed by atoms with van der Waals surface area (Å²) in [5, 5.41) is 69.7. The van der Waals surface area contributed by atoms with Gasteiger partial charge < -0.3 is 71.9 Å². The van der Waals surface area contributed by atoms with Crippen LogP contribution in [0.1, 0.15) is 6.42 Å². The Bertz CT molecular complexity index is 592. The van der Waals surface area contributed by atoms with E-state index in [0.717, 1.165) is 0 Å². The number of ether oxygens (including phenoxy) is 4. The van der Waals surface area contributed by atoms with Gasteiger partial charge in [0.05, 0.1) is 25.4 Å². The second-order valence-corrected chi connectivity index (χ2v) is 8.25. The maximum atomic E-state index is 10.5. The van der Waals surface area contributed by atoms with Crippen LogP contribution in [0.2, 0.25) is 0 Å². The van der Waals surface area contributed by atoms with Gasteiger partial charge in [-0.2, -0.15) is 0 Å². The van der Waals surface area contributed by atoms with E-state index in [4.69, 9.17) is 36.1 Å². The molecule has 2 saturated heterocycles. The summed E-state index contributed by atoms with van der Waals surface area (Å²) in [6.45, 7) is -1.22. The Hall–Kier alpha value is -0.560. The first kappa shape index (κ1) is 25.1. The van der Waals surface area contributed by atoms with Crippen LogP contribution in [0, 0.1) is 0 Å². The lowest BCUT2D eigenvalue weighted by molar-refractivity contribution is -0.317. The zero-order valence-electron chi connectivity index (χ0n) is 16.7. The first-order valence-corrected chi connectivity index (χ1v) is 10.1. The van der Waals surface area contributed by atoms with Gasteiger partial charge in [0.1, 0.15) is 48.8 Å². The largest absolute Gasteiger partial charge is 0.394 e. The Morgan fingerprint density at radius 1 is 0.645 bits per heavy atom. The fraction of sp³-hybridized carbons (Fsp3) is 1.00. The van der Waals surface area contributed by atoms with Gasteiger partial charge in [0.25, 0.3) is 0 Å². The monoisotopic (exact) mass is 455 g/mol. The minimum atomic E-state index is -1.53. The molecule has 182 valence electrons. The summed E-state index contributed by atoms with van der Waals surface area (Å²) in [6.07, 6.45) is -14.5. The van der Waals surface area contributed by atoms with Crippen molar-refractivity contribution >= 4 is 0 Å². The normalized spacial score (nSPS) is 53.6. The van der Waals surface area contributed by atoms with Crippen LogP contribution < -0.4 is 17.2 Å². The van der Waals surface area contributed by atoms with Crippen LogP contribution in [0.3, 0.4) is 0 Å². The molecule has 3 aliphatic rings. The van der Waals surface area contributed by atoms with Gasteiger partial charge in [0, 0.05) is 12.1 Å². The fourth-order valence-electron chi connectivity index (χ4n) is 4.14. The molecule has 2 aliphatic heterocycles. The minimum Gasteiger partial charge on any atom is -0.394 e. The predicted molar refractivity (Wildman–Crippen MR) is 99.8 cm³/mol. The average Bonchev–Trinajstić information content (AvgIpc) is 3.01. The Kier molecular flexibility index (Phi) is 8.21. The molecule has 5 unspecified atom stereocenters. The van der Waals surface area contributed by atoms with E-state index in [1.165, 1.54) is 0 Å². The van der Waals surface area contributed by atoms with Gasteiger partial charge in [0.15, 0.2) is 12.6 Å². The lowest BCUT2D eigenvalue weighted by Gasteiger charge is -2.47. The molecule has 14 heteroatoms. The molecule has 0 amide bonds. The highest BCUT2D eigenvalue weighted by molar-refractivity contribution is 5.00. The molecule has 2 heterocycles. The number of aliphatic hydroxyl groups excluding tert-OH is 7. The molecular weight excluding hydrogens is 422 g/mol. The van der Waals surface area contributed by atoms with Crippen molar-refractivity contribution in [2.24, 2.45) is 17.2 Å². The third-order valence-electron chi connectivity index (χ3n) is 6.07. The molecule has 3 rings (SSSR count). The van der Waals surface area contributed by atoms with Gasteiger partial charge in [-0.3, -0.25) is 0 Å². The molecule has 1 saturated carbocycles. The maximum Gasteiger partial charge on any atom is 0.187 e. The van der Waals surface area contributed by atoms with Crippen molar-refractivity contribution < 1.29 is 54.7 Å². The fourth-order valence-corrected chi connectivity index (χ4v) is 4.14. The molecular formula is C17H33N3O11. The van der Waals surface area contributed by atoms with Crippen molar-refractivity contribution in [3.63, 3.8) is 0 Å². The second-order valence-electron chi connectivity index (χ2n) is 8.25. The lowest BCUT2D eigenvalue weighted by atomic mass is 9.84. The van der Waals surface area contributed by atoms with Crippen LogP contribution in [-0.4, -0.2) is 135 Å². The van der Waals surface area contributed by atoms with E-state index in [0.29, 0.717) is 0 Å². The molecule has 0 aromatic carbocycles. The lowest BCUT2D eigenvalue weighted by Crippen LogP contribution is -2.68. The quantitative estimate of drug-likeness (QED) is 0.179. The SMILES string of the molecule is NC1C[C@@H](N)C(O)[C@@H](O)[C@@H]1O[C@H]1OC(CO)[C@@H](O)[C@H](O[C@@H]2O[C@H](CO)[C@H](O)C2O)C1N. The molecule has 0 bridgehead atoms.